The maximum Gasteiger partial charge on any atom is 0.428 e. The molecule has 1 aliphatic rings. The summed E-state index contributed by atoms with van der Waals surface area (Å²) in [6, 6.07) is 18.4. The van der Waals surface area contributed by atoms with E-state index in [1.54, 1.807) is 6.92 Å². The second kappa shape index (κ2) is 10.8. The lowest BCUT2D eigenvalue weighted by Crippen LogP contribution is -2.43. The summed E-state index contributed by atoms with van der Waals surface area (Å²) in [5, 5.41) is 10.4. The van der Waals surface area contributed by atoms with Gasteiger partial charge in [-0.3, -0.25) is 4.79 Å². The molecule has 1 heterocycles. The van der Waals surface area contributed by atoms with Crippen molar-refractivity contribution >= 4 is 11.6 Å². The van der Waals surface area contributed by atoms with Crippen LogP contribution < -0.4 is 9.64 Å². The van der Waals surface area contributed by atoms with Crippen LogP contribution in [0.2, 0.25) is 0 Å². The fraction of sp³-hybridized carbons (Fsp3) is 0.323. The number of halogens is 4. The van der Waals surface area contributed by atoms with Gasteiger partial charge in [-0.15, -0.1) is 0 Å². The average molecular weight is 542 g/mol. The second-order valence-corrected chi connectivity index (χ2v) is 10.1. The number of hydrogen-bond donors (Lipinski definition) is 1. The zero-order chi connectivity index (χ0) is 28.5. The Bertz CT molecular complexity index is 1370. The molecule has 3 aromatic rings. The van der Waals surface area contributed by atoms with Gasteiger partial charge in [-0.25, -0.2) is 4.39 Å². The maximum atomic E-state index is 14.1. The number of hydrogen-bond acceptors (Lipinski definition) is 3. The molecule has 4 nitrogen and oxygen atoms in total. The third-order valence-corrected chi connectivity index (χ3v) is 7.29. The Labute approximate surface area is 225 Å². The number of benzene rings is 3. The van der Waals surface area contributed by atoms with Crippen LogP contribution in [0.4, 0.5) is 23.2 Å². The first-order valence-corrected chi connectivity index (χ1v) is 12.7. The molecule has 0 aliphatic carbocycles. The molecule has 0 aromatic heterocycles. The third kappa shape index (κ3) is 5.57. The second-order valence-electron chi connectivity index (χ2n) is 10.1. The van der Waals surface area contributed by atoms with Gasteiger partial charge in [0.25, 0.3) is 0 Å². The van der Waals surface area contributed by atoms with Crippen molar-refractivity contribution in [3.05, 3.63) is 107 Å². The molecular formula is C31H31F4NO3. The topological polar surface area (TPSA) is 49.8 Å². The van der Waals surface area contributed by atoms with Gasteiger partial charge in [-0.1, -0.05) is 61.2 Å². The Morgan fingerprint density at radius 2 is 1.77 bits per heavy atom. The monoisotopic (exact) mass is 541 g/mol. The summed E-state index contributed by atoms with van der Waals surface area (Å²) < 4.78 is 61.8. The molecule has 8 heteroatoms. The Kier molecular flexibility index (Phi) is 7.89. The van der Waals surface area contributed by atoms with E-state index in [-0.39, 0.29) is 18.9 Å². The van der Waals surface area contributed by atoms with Crippen molar-refractivity contribution < 1.29 is 32.2 Å². The summed E-state index contributed by atoms with van der Waals surface area (Å²) in [7, 11) is 0. The van der Waals surface area contributed by atoms with E-state index in [2.05, 4.69) is 6.58 Å². The highest BCUT2D eigenvalue weighted by Gasteiger charge is 2.58. The molecule has 0 fully saturated rings. The van der Waals surface area contributed by atoms with Gasteiger partial charge in [0.1, 0.15) is 17.7 Å². The molecule has 4 rings (SSSR count). The molecule has 1 unspecified atom stereocenters. The number of alkyl halides is 3. The molecule has 3 atom stereocenters. The molecule has 206 valence electrons. The van der Waals surface area contributed by atoms with Gasteiger partial charge in [0.05, 0.1) is 12.5 Å². The minimum atomic E-state index is -5.33. The Balaban J connectivity index is 1.77. The quantitative estimate of drug-likeness (QED) is 0.340. The van der Waals surface area contributed by atoms with Crippen molar-refractivity contribution in [1.29, 1.82) is 0 Å². The molecule has 1 amide bonds. The molecule has 1 aliphatic heterocycles. The van der Waals surface area contributed by atoms with Crippen molar-refractivity contribution in [2.75, 3.05) is 11.4 Å². The molecular weight excluding hydrogens is 510 g/mol. The van der Waals surface area contributed by atoms with Gasteiger partial charge >= 0.3 is 6.18 Å². The van der Waals surface area contributed by atoms with Gasteiger partial charge in [0.2, 0.25) is 11.5 Å². The first kappa shape index (κ1) is 28.4. The number of ether oxygens (including phenoxy) is 1. The average Bonchev–Trinajstić information content (AvgIpc) is 3.08. The maximum absolute atomic E-state index is 14.1. The third-order valence-electron chi connectivity index (χ3n) is 7.29. The van der Waals surface area contributed by atoms with Gasteiger partial charge in [-0.2, -0.15) is 13.2 Å². The lowest BCUT2D eigenvalue weighted by atomic mass is 9.89. The van der Waals surface area contributed by atoms with Gasteiger partial charge < -0.3 is 14.7 Å². The van der Waals surface area contributed by atoms with E-state index in [9.17, 15) is 27.5 Å². The van der Waals surface area contributed by atoms with Crippen molar-refractivity contribution in [2.45, 2.75) is 57.4 Å². The number of aryl methyl sites for hydroxylation is 3. The smallest absolute Gasteiger partial charge is 0.428 e. The molecule has 1 N–H and O–H groups in total. The van der Waals surface area contributed by atoms with Crippen LogP contribution in [0.25, 0.3) is 0 Å². The van der Waals surface area contributed by atoms with Crippen LogP contribution in [0.3, 0.4) is 0 Å². The summed E-state index contributed by atoms with van der Waals surface area (Å²) in [6.07, 6.45) is -5.17. The van der Waals surface area contributed by atoms with Crippen molar-refractivity contribution in [1.82, 2.24) is 0 Å². The fourth-order valence-corrected chi connectivity index (χ4v) is 4.89. The highest BCUT2D eigenvalue weighted by molar-refractivity contribution is 5.98. The molecule has 39 heavy (non-hydrogen) atoms. The van der Waals surface area contributed by atoms with Crippen molar-refractivity contribution in [3.8, 4) is 5.75 Å². The Morgan fingerprint density at radius 3 is 2.41 bits per heavy atom. The normalized spacial score (nSPS) is 17.9. The minimum absolute atomic E-state index is 0.162. The van der Waals surface area contributed by atoms with Crippen LogP contribution in [0, 0.1) is 13.8 Å². The fourth-order valence-electron chi connectivity index (χ4n) is 4.89. The van der Waals surface area contributed by atoms with Crippen molar-refractivity contribution in [2.24, 2.45) is 0 Å². The number of fused-ring (bicyclic) bond motifs is 1. The number of nitrogens with zero attached hydrogens (tertiary/aromatic N) is 1. The largest absolute Gasteiger partial charge is 0.488 e. The summed E-state index contributed by atoms with van der Waals surface area (Å²) in [4.78, 5) is 15.4. The number of aliphatic hydroxyl groups is 1. The van der Waals surface area contributed by atoms with Gasteiger partial charge in [0.15, 0.2) is 0 Å². The van der Waals surface area contributed by atoms with Crippen LogP contribution in [0.1, 0.15) is 47.1 Å². The Morgan fingerprint density at radius 1 is 1.08 bits per heavy atom. The number of amides is 1. The summed E-state index contributed by atoms with van der Waals surface area (Å²) in [5.41, 5.74) is -1.09. The lowest BCUT2D eigenvalue weighted by Gasteiger charge is -2.31. The first-order chi connectivity index (χ1) is 18.3. The summed E-state index contributed by atoms with van der Waals surface area (Å²) in [5.74, 6) is -2.07. The Hall–Kier alpha value is -3.65. The predicted molar refractivity (Wildman–Crippen MR) is 143 cm³/mol. The molecule has 3 aromatic carbocycles. The number of anilines is 1. The molecule has 0 radical (unpaired) electrons. The van der Waals surface area contributed by atoms with E-state index in [1.807, 2.05) is 62.4 Å². The van der Waals surface area contributed by atoms with E-state index in [4.69, 9.17) is 4.74 Å². The highest BCUT2D eigenvalue weighted by Crippen LogP contribution is 2.46. The van der Waals surface area contributed by atoms with E-state index in [1.165, 1.54) is 11.0 Å². The van der Waals surface area contributed by atoms with Crippen LogP contribution in [-0.2, 0) is 16.8 Å². The SMILES string of the molecule is C=C(F)C(O)(c1ccc2c(c1)CC[C@H](Oc1cc(C)ccc1C)CN2C(=O)[C@@H](C)c1ccccc1)C(F)(F)F. The summed E-state index contributed by atoms with van der Waals surface area (Å²) >= 11 is 0. The van der Waals surface area contributed by atoms with Crippen LogP contribution in [0.15, 0.2) is 79.1 Å². The molecule has 0 spiro atoms. The van der Waals surface area contributed by atoms with Crippen LogP contribution >= 0.6 is 0 Å². The van der Waals surface area contributed by atoms with E-state index in [0.717, 1.165) is 28.8 Å². The predicted octanol–water partition coefficient (Wildman–Crippen LogP) is 7.07. The van der Waals surface area contributed by atoms with Gasteiger partial charge in [-0.05, 0) is 68.0 Å². The zero-order valence-corrected chi connectivity index (χ0v) is 22.1. The van der Waals surface area contributed by atoms with Crippen molar-refractivity contribution in [3.63, 3.8) is 0 Å². The van der Waals surface area contributed by atoms with Gasteiger partial charge in [0, 0.05) is 11.3 Å². The number of carbonyl (C=O) groups excluding carboxylic acids is 1. The lowest BCUT2D eigenvalue weighted by molar-refractivity contribution is -0.255. The van der Waals surface area contributed by atoms with E-state index in [0.29, 0.717) is 23.4 Å². The zero-order valence-electron chi connectivity index (χ0n) is 22.1. The van der Waals surface area contributed by atoms with E-state index >= 15 is 0 Å². The molecule has 0 bridgehead atoms. The molecule has 0 saturated heterocycles. The van der Waals surface area contributed by atoms with Crippen LogP contribution in [0.5, 0.6) is 5.75 Å². The number of carbonyl (C=O) groups is 1. The number of rotatable bonds is 6. The highest BCUT2D eigenvalue weighted by atomic mass is 19.4. The first-order valence-electron chi connectivity index (χ1n) is 12.7. The van der Waals surface area contributed by atoms with Crippen LogP contribution in [-0.4, -0.2) is 29.8 Å². The summed E-state index contributed by atoms with van der Waals surface area (Å²) in [6.45, 7) is 8.54. The molecule has 0 saturated carbocycles. The minimum Gasteiger partial charge on any atom is -0.488 e. The van der Waals surface area contributed by atoms with E-state index < -0.39 is 35.2 Å². The standard InChI is InChI=1S/C31H31F4NO3/c1-19-10-11-20(2)28(16-19)39-26-14-12-24-17-25(30(38,22(4)32)31(33,34)35)13-15-27(24)36(18-26)29(37)21(3)23-8-6-5-7-9-23/h5-11,13,15-17,21,26,38H,4,12,14,18H2,1-3H3/t21-,26-,30?/m0/s1.